The van der Waals surface area contributed by atoms with Crippen molar-refractivity contribution < 1.29 is 0 Å². The highest BCUT2D eigenvalue weighted by Gasteiger charge is 2.23. The molecule has 65 heavy (non-hydrogen) atoms. The number of aromatic nitrogens is 5. The fraction of sp³-hybridized carbons (Fsp3) is 0. The van der Waals surface area contributed by atoms with Gasteiger partial charge in [-0.3, -0.25) is 4.57 Å². The molecule has 0 bridgehead atoms. The number of rotatable bonds is 7. The molecule has 9 aromatic carbocycles. The van der Waals surface area contributed by atoms with Crippen molar-refractivity contribution in [3.05, 3.63) is 236 Å². The summed E-state index contributed by atoms with van der Waals surface area (Å²) in [5.41, 5.74) is 15.1. The van der Waals surface area contributed by atoms with Gasteiger partial charge in [-0.05, 0) is 77.9 Å². The second kappa shape index (κ2) is 14.9. The van der Waals surface area contributed by atoms with E-state index in [1.54, 1.807) is 0 Å². The molecule has 0 radical (unpaired) electrons. The van der Waals surface area contributed by atoms with Gasteiger partial charge in [-0.15, -0.1) is 0 Å². The van der Waals surface area contributed by atoms with E-state index in [0.29, 0.717) is 5.95 Å². The van der Waals surface area contributed by atoms with Crippen LogP contribution >= 0.6 is 0 Å². The Hall–Kier alpha value is -8.80. The van der Waals surface area contributed by atoms with E-state index >= 15 is 0 Å². The van der Waals surface area contributed by atoms with E-state index in [1.165, 1.54) is 38.1 Å². The van der Waals surface area contributed by atoms with Crippen LogP contribution in [0.15, 0.2) is 224 Å². The van der Waals surface area contributed by atoms with Gasteiger partial charge in [0.2, 0.25) is 5.95 Å². The van der Waals surface area contributed by atoms with Gasteiger partial charge >= 0.3 is 0 Å². The largest absolute Gasteiger partial charge is 0.309 e. The third-order valence-electron chi connectivity index (χ3n) is 12.9. The highest BCUT2D eigenvalue weighted by atomic mass is 15.2. The molecule has 0 fully saturated rings. The Morgan fingerprint density at radius 1 is 0.323 bits per heavy atom. The van der Waals surface area contributed by atoms with Crippen molar-refractivity contribution in [1.29, 1.82) is 0 Å². The Labute approximate surface area is 375 Å². The summed E-state index contributed by atoms with van der Waals surface area (Å²) < 4.78 is 6.99. The number of nitrogens with zero attached hydrogens (tertiary/aromatic N) is 5. The maximum atomic E-state index is 5.57. The number of hydrogen-bond donors (Lipinski definition) is 0. The number of fused-ring (bicyclic) bond motifs is 8. The van der Waals surface area contributed by atoms with Crippen LogP contribution in [0.4, 0.5) is 0 Å². The highest BCUT2D eigenvalue weighted by molar-refractivity contribution is 6.12. The summed E-state index contributed by atoms with van der Waals surface area (Å²) >= 11 is 0. The molecule has 0 atom stereocenters. The smallest absolute Gasteiger partial charge is 0.235 e. The molecule has 0 amide bonds. The van der Waals surface area contributed by atoms with E-state index in [-0.39, 0.29) is 0 Å². The zero-order chi connectivity index (χ0) is 42.8. The number of para-hydroxylation sites is 6. The van der Waals surface area contributed by atoms with Crippen molar-refractivity contribution in [1.82, 2.24) is 23.7 Å². The molecule has 4 aromatic heterocycles. The Bertz CT molecular complexity index is 3990. The summed E-state index contributed by atoms with van der Waals surface area (Å²) in [4.78, 5) is 10.9. The third-order valence-corrected chi connectivity index (χ3v) is 12.9. The van der Waals surface area contributed by atoms with Crippen LogP contribution < -0.4 is 0 Å². The highest BCUT2D eigenvalue weighted by Crippen LogP contribution is 2.41. The minimum atomic E-state index is 0.619. The molecule has 13 aromatic rings. The van der Waals surface area contributed by atoms with Gasteiger partial charge in [0.15, 0.2) is 0 Å². The van der Waals surface area contributed by atoms with Crippen LogP contribution in [-0.2, 0) is 0 Å². The van der Waals surface area contributed by atoms with Crippen LogP contribution in [0, 0.1) is 0 Å². The average molecular weight is 830 g/mol. The summed E-state index contributed by atoms with van der Waals surface area (Å²) in [6.07, 6.45) is 4.52. The quantitative estimate of drug-likeness (QED) is 0.161. The van der Waals surface area contributed by atoms with Crippen molar-refractivity contribution in [2.24, 2.45) is 0 Å². The maximum Gasteiger partial charge on any atom is 0.235 e. The second-order valence-corrected chi connectivity index (χ2v) is 16.6. The van der Waals surface area contributed by atoms with Crippen LogP contribution in [0.5, 0.6) is 0 Å². The predicted octanol–water partition coefficient (Wildman–Crippen LogP) is 15.3. The molecule has 13 rings (SSSR count). The molecule has 4 heterocycles. The average Bonchev–Trinajstić information content (AvgIpc) is 4.01. The van der Waals surface area contributed by atoms with E-state index in [4.69, 9.17) is 9.97 Å². The van der Waals surface area contributed by atoms with Crippen LogP contribution in [0.2, 0.25) is 0 Å². The maximum absolute atomic E-state index is 5.57. The normalized spacial score (nSPS) is 11.9. The van der Waals surface area contributed by atoms with Gasteiger partial charge in [-0.25, -0.2) is 9.97 Å². The van der Waals surface area contributed by atoms with E-state index in [0.717, 1.165) is 72.3 Å². The van der Waals surface area contributed by atoms with Crippen LogP contribution in [0.25, 0.3) is 117 Å². The van der Waals surface area contributed by atoms with Gasteiger partial charge in [0.1, 0.15) is 0 Å². The fourth-order valence-corrected chi connectivity index (χ4v) is 10.0. The minimum absolute atomic E-state index is 0.619. The van der Waals surface area contributed by atoms with Crippen molar-refractivity contribution in [2.75, 3.05) is 0 Å². The molecule has 5 nitrogen and oxygen atoms in total. The molecular formula is C60H39N5. The summed E-state index contributed by atoms with van der Waals surface area (Å²) in [5.74, 6) is 0.619. The Morgan fingerprint density at radius 3 is 1.54 bits per heavy atom. The molecule has 0 aliphatic heterocycles. The van der Waals surface area contributed by atoms with E-state index in [1.807, 2.05) is 0 Å². The van der Waals surface area contributed by atoms with Crippen molar-refractivity contribution in [2.45, 2.75) is 0 Å². The van der Waals surface area contributed by atoms with Crippen LogP contribution in [0.1, 0.15) is 11.1 Å². The summed E-state index contributed by atoms with van der Waals surface area (Å²) in [6, 6.07) is 79.8. The molecule has 304 valence electrons. The molecule has 0 N–H and O–H groups in total. The van der Waals surface area contributed by atoms with E-state index in [9.17, 15) is 0 Å². The monoisotopic (exact) mass is 829 g/mol. The lowest BCUT2D eigenvalue weighted by atomic mass is 10.0. The minimum Gasteiger partial charge on any atom is -0.309 e. The van der Waals surface area contributed by atoms with Gasteiger partial charge in [-0.2, -0.15) is 0 Å². The van der Waals surface area contributed by atoms with Gasteiger partial charge in [0.05, 0.1) is 44.5 Å². The summed E-state index contributed by atoms with van der Waals surface area (Å²) in [6.45, 7) is 0. The first kappa shape index (κ1) is 36.8. The molecule has 0 saturated heterocycles. The first-order chi connectivity index (χ1) is 32.3. The topological polar surface area (TPSA) is 40.6 Å². The van der Waals surface area contributed by atoms with Crippen molar-refractivity contribution in [3.8, 4) is 39.8 Å². The van der Waals surface area contributed by atoms with E-state index < -0.39 is 0 Å². The van der Waals surface area contributed by atoms with E-state index in [2.05, 4.69) is 250 Å². The number of hydrogen-bond acceptors (Lipinski definition) is 2. The first-order valence-electron chi connectivity index (χ1n) is 22.1. The molecule has 5 heteroatoms. The standard InChI is InChI=1S/C60H39N5/c1-4-18-41(19-5-1)59-49(36-33-40-32-35-48-45-24-11-15-29-53(45)64(57(48)38-40)44-22-8-3-9-23-44)46-25-12-17-31-55(46)65(59)60-61-52-28-14-10-27-50(52)58(62-60)42-34-37-56-51(39-42)47-26-13-16-30-54(47)63(56)43-20-6-2-7-21-43/h1-39H/b36-33+. The Kier molecular flexibility index (Phi) is 8.46. The van der Waals surface area contributed by atoms with Crippen LogP contribution in [0.3, 0.4) is 0 Å². The lowest BCUT2D eigenvalue weighted by Gasteiger charge is -2.14. The molecule has 0 spiro atoms. The third kappa shape index (κ3) is 5.94. The molecule has 0 saturated carbocycles. The fourth-order valence-electron chi connectivity index (χ4n) is 10.0. The Balaban J connectivity index is 1.02. The zero-order valence-corrected chi connectivity index (χ0v) is 35.3. The van der Waals surface area contributed by atoms with Crippen molar-refractivity contribution >= 4 is 77.6 Å². The van der Waals surface area contributed by atoms with Gasteiger partial charge < -0.3 is 9.13 Å². The predicted molar refractivity (Wildman–Crippen MR) is 271 cm³/mol. The molecule has 0 aliphatic carbocycles. The number of benzene rings is 9. The first-order valence-corrected chi connectivity index (χ1v) is 22.1. The molecule has 0 unspecified atom stereocenters. The molecular weight excluding hydrogens is 791 g/mol. The van der Waals surface area contributed by atoms with Gasteiger partial charge in [-0.1, -0.05) is 170 Å². The summed E-state index contributed by atoms with van der Waals surface area (Å²) in [7, 11) is 0. The van der Waals surface area contributed by atoms with Crippen molar-refractivity contribution in [3.63, 3.8) is 0 Å². The SMILES string of the molecule is C(=C\c1c(-c2ccccc2)n(-c2nc(-c3ccc4c(c3)c3ccccc3n4-c3ccccc3)c3ccccc3n2)c2ccccc12)/c1ccc2c3ccccc3n(-c3ccccc3)c2c1. The zero-order valence-electron chi connectivity index (χ0n) is 35.3. The lowest BCUT2D eigenvalue weighted by Crippen LogP contribution is -2.05. The van der Waals surface area contributed by atoms with Crippen LogP contribution in [-0.4, -0.2) is 23.7 Å². The summed E-state index contributed by atoms with van der Waals surface area (Å²) in [5, 5.41) is 6.97. The lowest BCUT2D eigenvalue weighted by molar-refractivity contribution is 0.989. The van der Waals surface area contributed by atoms with Gasteiger partial charge in [0.25, 0.3) is 0 Å². The van der Waals surface area contributed by atoms with Gasteiger partial charge in [0, 0.05) is 54.8 Å². The molecule has 0 aliphatic rings. The Morgan fingerprint density at radius 2 is 0.846 bits per heavy atom. The second-order valence-electron chi connectivity index (χ2n) is 16.6.